The van der Waals surface area contributed by atoms with Crippen molar-refractivity contribution in [1.82, 2.24) is 5.32 Å². The lowest BCUT2D eigenvalue weighted by Crippen LogP contribution is -2.50. The van der Waals surface area contributed by atoms with E-state index in [-0.39, 0.29) is 11.4 Å². The van der Waals surface area contributed by atoms with E-state index in [1.54, 1.807) is 6.07 Å². The topological polar surface area (TPSA) is 41.1 Å². The number of hydrogen-bond donors (Lipinski definition) is 2. The van der Waals surface area contributed by atoms with Gasteiger partial charge in [-0.05, 0) is 56.5 Å². The highest BCUT2D eigenvalue weighted by molar-refractivity contribution is 6.30. The predicted octanol–water partition coefficient (Wildman–Crippen LogP) is 3.51. The third-order valence-corrected chi connectivity index (χ3v) is 4.03. The van der Waals surface area contributed by atoms with Gasteiger partial charge < -0.3 is 10.6 Å². The Morgan fingerprint density at radius 3 is 2.89 bits per heavy atom. The molecule has 0 aliphatic carbocycles. The zero-order chi connectivity index (χ0) is 13.9. The largest absolute Gasteiger partial charge is 0.324 e. The van der Waals surface area contributed by atoms with Crippen LogP contribution in [0.4, 0.5) is 5.69 Å². The fourth-order valence-electron chi connectivity index (χ4n) is 2.76. The molecule has 1 unspecified atom stereocenters. The number of rotatable bonds is 4. The number of amides is 1. The van der Waals surface area contributed by atoms with Crippen LogP contribution in [0.1, 0.15) is 38.2 Å². The summed E-state index contributed by atoms with van der Waals surface area (Å²) in [6.45, 7) is 4.99. The summed E-state index contributed by atoms with van der Waals surface area (Å²) >= 11 is 5.93. The summed E-state index contributed by atoms with van der Waals surface area (Å²) in [5, 5.41) is 7.12. The van der Waals surface area contributed by atoms with E-state index in [9.17, 15) is 4.79 Å². The van der Waals surface area contributed by atoms with Gasteiger partial charge in [-0.25, -0.2) is 0 Å². The summed E-state index contributed by atoms with van der Waals surface area (Å²) in [5.41, 5.74) is 1.45. The van der Waals surface area contributed by atoms with Crippen LogP contribution in [0.5, 0.6) is 0 Å². The van der Waals surface area contributed by atoms with Crippen molar-refractivity contribution >= 4 is 23.2 Å². The molecular formula is C15H21ClN2O. The Morgan fingerprint density at radius 1 is 1.53 bits per heavy atom. The van der Waals surface area contributed by atoms with Gasteiger partial charge in [-0.2, -0.15) is 0 Å². The first-order valence-electron chi connectivity index (χ1n) is 6.90. The van der Waals surface area contributed by atoms with Crippen molar-refractivity contribution in [3.8, 4) is 0 Å². The highest BCUT2D eigenvalue weighted by atomic mass is 35.5. The second-order valence-electron chi connectivity index (χ2n) is 5.28. The molecule has 0 bridgehead atoms. The van der Waals surface area contributed by atoms with Crippen molar-refractivity contribution in [1.29, 1.82) is 0 Å². The van der Waals surface area contributed by atoms with Crippen molar-refractivity contribution in [2.45, 2.75) is 45.1 Å². The van der Waals surface area contributed by atoms with Gasteiger partial charge in [-0.15, -0.1) is 0 Å². The van der Waals surface area contributed by atoms with Gasteiger partial charge in [0.1, 0.15) is 0 Å². The minimum absolute atomic E-state index is 0.0808. The standard InChI is InChI=1S/C15H21ClN2O/c1-3-7-15(8-4-9-17-15)14(19)18-13-6-5-12(16)10-11(13)2/h5-6,10,17H,3-4,7-9H2,1-2H3,(H,18,19). The number of anilines is 1. The van der Waals surface area contributed by atoms with E-state index in [1.165, 1.54) is 0 Å². The summed E-state index contributed by atoms with van der Waals surface area (Å²) in [6.07, 6.45) is 3.86. The molecule has 0 aromatic heterocycles. The minimum Gasteiger partial charge on any atom is -0.324 e. The highest BCUT2D eigenvalue weighted by Crippen LogP contribution is 2.27. The number of carbonyl (C=O) groups excluding carboxylic acids is 1. The molecule has 1 aromatic carbocycles. The molecule has 1 fully saturated rings. The smallest absolute Gasteiger partial charge is 0.244 e. The number of aryl methyl sites for hydroxylation is 1. The monoisotopic (exact) mass is 280 g/mol. The molecule has 2 N–H and O–H groups in total. The van der Waals surface area contributed by atoms with E-state index < -0.39 is 0 Å². The van der Waals surface area contributed by atoms with E-state index in [4.69, 9.17) is 11.6 Å². The Hall–Kier alpha value is -1.06. The summed E-state index contributed by atoms with van der Waals surface area (Å²) < 4.78 is 0. The first-order chi connectivity index (χ1) is 9.07. The molecule has 19 heavy (non-hydrogen) atoms. The van der Waals surface area contributed by atoms with Crippen LogP contribution in [-0.2, 0) is 4.79 Å². The number of benzene rings is 1. The van der Waals surface area contributed by atoms with E-state index >= 15 is 0 Å². The molecule has 0 saturated carbocycles. The molecule has 1 aliphatic heterocycles. The van der Waals surface area contributed by atoms with Gasteiger partial charge in [0.25, 0.3) is 0 Å². The van der Waals surface area contributed by atoms with E-state index in [0.717, 1.165) is 43.5 Å². The Kier molecular flexibility index (Phi) is 4.48. The fourth-order valence-corrected chi connectivity index (χ4v) is 2.99. The quantitative estimate of drug-likeness (QED) is 0.886. The fraction of sp³-hybridized carbons (Fsp3) is 0.533. The SMILES string of the molecule is CCCC1(C(=O)Nc2ccc(Cl)cc2C)CCCN1. The molecule has 104 valence electrons. The van der Waals surface area contributed by atoms with Gasteiger partial charge in [0.2, 0.25) is 5.91 Å². The Labute approximate surface area is 119 Å². The second-order valence-corrected chi connectivity index (χ2v) is 5.71. The van der Waals surface area contributed by atoms with Gasteiger partial charge in [0.15, 0.2) is 0 Å². The van der Waals surface area contributed by atoms with Crippen LogP contribution in [0.2, 0.25) is 5.02 Å². The van der Waals surface area contributed by atoms with Crippen molar-refractivity contribution in [3.63, 3.8) is 0 Å². The van der Waals surface area contributed by atoms with Crippen LogP contribution in [0.15, 0.2) is 18.2 Å². The molecule has 4 heteroatoms. The van der Waals surface area contributed by atoms with Gasteiger partial charge in [0.05, 0.1) is 5.54 Å². The Bertz CT molecular complexity index is 467. The van der Waals surface area contributed by atoms with Crippen molar-refractivity contribution in [2.24, 2.45) is 0 Å². The average molecular weight is 281 g/mol. The molecule has 2 rings (SSSR count). The van der Waals surface area contributed by atoms with Gasteiger partial charge in [0, 0.05) is 10.7 Å². The third-order valence-electron chi connectivity index (χ3n) is 3.79. The molecule has 1 heterocycles. The number of halogens is 1. The lowest BCUT2D eigenvalue weighted by molar-refractivity contribution is -0.122. The van der Waals surface area contributed by atoms with Crippen LogP contribution < -0.4 is 10.6 Å². The summed E-state index contributed by atoms with van der Waals surface area (Å²) in [4.78, 5) is 12.6. The Balaban J connectivity index is 2.15. The lowest BCUT2D eigenvalue weighted by atomic mass is 9.90. The van der Waals surface area contributed by atoms with E-state index in [2.05, 4.69) is 17.6 Å². The number of carbonyl (C=O) groups is 1. The molecule has 0 radical (unpaired) electrons. The highest BCUT2D eigenvalue weighted by Gasteiger charge is 2.39. The zero-order valence-electron chi connectivity index (χ0n) is 11.6. The van der Waals surface area contributed by atoms with Crippen LogP contribution in [-0.4, -0.2) is 18.0 Å². The predicted molar refractivity (Wildman–Crippen MR) is 79.7 cm³/mol. The van der Waals surface area contributed by atoms with Crippen molar-refractivity contribution in [3.05, 3.63) is 28.8 Å². The maximum atomic E-state index is 12.6. The summed E-state index contributed by atoms with van der Waals surface area (Å²) in [6, 6.07) is 5.54. The second kappa shape index (κ2) is 5.93. The normalized spacial score (nSPS) is 22.5. The molecular weight excluding hydrogens is 260 g/mol. The summed E-state index contributed by atoms with van der Waals surface area (Å²) in [7, 11) is 0. The molecule has 1 aliphatic rings. The molecule has 1 aromatic rings. The van der Waals surface area contributed by atoms with Crippen molar-refractivity contribution in [2.75, 3.05) is 11.9 Å². The molecule has 0 spiro atoms. The maximum absolute atomic E-state index is 12.6. The van der Waals surface area contributed by atoms with Gasteiger partial charge in [-0.3, -0.25) is 4.79 Å². The van der Waals surface area contributed by atoms with E-state index in [0.29, 0.717) is 5.02 Å². The van der Waals surface area contributed by atoms with E-state index in [1.807, 2.05) is 19.1 Å². The first kappa shape index (κ1) is 14.4. The lowest BCUT2D eigenvalue weighted by Gasteiger charge is -2.28. The molecule has 1 amide bonds. The number of hydrogen-bond acceptors (Lipinski definition) is 2. The number of nitrogens with one attached hydrogen (secondary N) is 2. The van der Waals surface area contributed by atoms with Crippen LogP contribution >= 0.6 is 11.6 Å². The molecule has 1 atom stereocenters. The molecule has 1 saturated heterocycles. The van der Waals surface area contributed by atoms with Gasteiger partial charge >= 0.3 is 0 Å². The average Bonchev–Trinajstić information content (AvgIpc) is 2.83. The third kappa shape index (κ3) is 3.10. The first-order valence-corrected chi connectivity index (χ1v) is 7.28. The molecule has 3 nitrogen and oxygen atoms in total. The Morgan fingerprint density at radius 2 is 2.32 bits per heavy atom. The van der Waals surface area contributed by atoms with Crippen LogP contribution in [0, 0.1) is 6.92 Å². The zero-order valence-corrected chi connectivity index (χ0v) is 12.3. The van der Waals surface area contributed by atoms with Gasteiger partial charge in [-0.1, -0.05) is 24.9 Å². The summed E-state index contributed by atoms with van der Waals surface area (Å²) in [5.74, 6) is 0.0808. The van der Waals surface area contributed by atoms with Crippen LogP contribution in [0.25, 0.3) is 0 Å². The maximum Gasteiger partial charge on any atom is 0.244 e. The minimum atomic E-state index is -0.388. The van der Waals surface area contributed by atoms with Crippen LogP contribution in [0.3, 0.4) is 0 Å². The van der Waals surface area contributed by atoms with Crippen molar-refractivity contribution < 1.29 is 4.79 Å².